The highest BCUT2D eigenvalue weighted by Crippen LogP contribution is 2.59. The molecule has 4 aliphatic carbocycles. The van der Waals surface area contributed by atoms with Gasteiger partial charge in [0, 0.05) is 27.2 Å². The highest BCUT2D eigenvalue weighted by Gasteiger charge is 2.50. The second kappa shape index (κ2) is 9.26. The van der Waals surface area contributed by atoms with E-state index in [1.165, 1.54) is 43.4 Å². The van der Waals surface area contributed by atoms with Crippen LogP contribution in [0.25, 0.3) is 5.65 Å². The first kappa shape index (κ1) is 23.8. The minimum absolute atomic E-state index is 0.0137. The van der Waals surface area contributed by atoms with E-state index < -0.39 is 5.91 Å². The number of rotatable bonds is 9. The number of hydrogen-bond acceptors (Lipinski definition) is 5. The number of nitrogens with one attached hydrogen (secondary N) is 1. The van der Waals surface area contributed by atoms with Gasteiger partial charge in [0.15, 0.2) is 5.69 Å². The van der Waals surface area contributed by atoms with Crippen LogP contribution in [-0.4, -0.2) is 65.9 Å². The van der Waals surface area contributed by atoms with Crippen molar-refractivity contribution in [2.45, 2.75) is 44.9 Å². The molecule has 2 aromatic rings. The Morgan fingerprint density at radius 2 is 1.83 bits per heavy atom. The Hall–Kier alpha value is -2.94. The summed E-state index contributed by atoms with van der Waals surface area (Å²) in [5.41, 5.74) is 6.93. The average molecular weight is 482 g/mol. The number of nitrogens with two attached hydrogens (primary N) is 1. The number of pyridine rings is 1. The third-order valence-electron chi connectivity index (χ3n) is 8.37. The maximum atomic E-state index is 13.5. The largest absolute Gasteiger partial charge is 0.383 e. The zero-order valence-electron chi connectivity index (χ0n) is 20.6. The lowest BCUT2D eigenvalue weighted by molar-refractivity contribution is -0.129. The van der Waals surface area contributed by atoms with Gasteiger partial charge in [0.1, 0.15) is 11.3 Å². The third kappa shape index (κ3) is 4.53. The van der Waals surface area contributed by atoms with Gasteiger partial charge in [-0.25, -0.2) is 4.98 Å². The number of carbonyl (C=O) groups is 3. The first-order valence-corrected chi connectivity index (χ1v) is 12.6. The highest BCUT2D eigenvalue weighted by molar-refractivity contribution is 5.97. The van der Waals surface area contributed by atoms with E-state index in [0.29, 0.717) is 36.7 Å². The maximum absolute atomic E-state index is 13.5. The Balaban J connectivity index is 1.40. The van der Waals surface area contributed by atoms with Crippen LogP contribution in [0.3, 0.4) is 0 Å². The van der Waals surface area contributed by atoms with Crippen molar-refractivity contribution in [3.05, 3.63) is 35.3 Å². The minimum Gasteiger partial charge on any atom is -0.383 e. The maximum Gasteiger partial charge on any atom is 0.269 e. The number of hydrogen-bond donors (Lipinski definition) is 2. The fourth-order valence-corrected chi connectivity index (χ4v) is 7.19. The molecule has 2 heterocycles. The summed E-state index contributed by atoms with van der Waals surface area (Å²) in [6.45, 7) is 1.48. The molecule has 0 aliphatic heterocycles. The van der Waals surface area contributed by atoms with Gasteiger partial charge in [-0.05, 0) is 73.8 Å². The standard InChI is InChI=1S/C26H35N5O4/c1-30(6-7-35-2)22(32)11-20-23(24(27)33)29-21-5-3-4-19(31(20)21)25(34)28-15-26-12-16-8-17(13-26)10-18(9-16)14-26/h3-5,16-18H,6-15H2,1-2H3,(H2,27,33)(H,28,34). The van der Waals surface area contributed by atoms with Crippen molar-refractivity contribution in [3.63, 3.8) is 0 Å². The van der Waals surface area contributed by atoms with E-state index in [0.717, 1.165) is 17.8 Å². The summed E-state index contributed by atoms with van der Waals surface area (Å²) in [6, 6.07) is 5.16. The Bertz CT molecular complexity index is 1120. The van der Waals surface area contributed by atoms with Crippen molar-refractivity contribution < 1.29 is 19.1 Å². The summed E-state index contributed by atoms with van der Waals surface area (Å²) >= 11 is 0. The molecule has 3 amide bonds. The van der Waals surface area contributed by atoms with Crippen LogP contribution in [0.15, 0.2) is 18.2 Å². The number of ether oxygens (including phenoxy) is 1. The molecule has 0 aromatic carbocycles. The van der Waals surface area contributed by atoms with Gasteiger partial charge in [-0.1, -0.05) is 6.07 Å². The van der Waals surface area contributed by atoms with Crippen molar-refractivity contribution in [3.8, 4) is 0 Å². The van der Waals surface area contributed by atoms with Crippen molar-refractivity contribution in [2.75, 3.05) is 33.9 Å². The lowest BCUT2D eigenvalue weighted by Crippen LogP contribution is -2.51. The molecule has 9 nitrogen and oxygen atoms in total. The van der Waals surface area contributed by atoms with Crippen molar-refractivity contribution >= 4 is 23.4 Å². The van der Waals surface area contributed by atoms with Crippen LogP contribution in [0.5, 0.6) is 0 Å². The molecule has 0 atom stereocenters. The molecule has 35 heavy (non-hydrogen) atoms. The first-order chi connectivity index (χ1) is 16.8. The molecule has 0 unspecified atom stereocenters. The van der Waals surface area contributed by atoms with Crippen LogP contribution in [0.1, 0.15) is 65.2 Å². The minimum atomic E-state index is -0.726. The van der Waals surface area contributed by atoms with E-state index >= 15 is 0 Å². The molecule has 9 heteroatoms. The topological polar surface area (TPSA) is 119 Å². The van der Waals surface area contributed by atoms with Crippen molar-refractivity contribution in [1.82, 2.24) is 19.6 Å². The van der Waals surface area contributed by atoms with E-state index in [2.05, 4.69) is 10.3 Å². The van der Waals surface area contributed by atoms with Gasteiger partial charge in [-0.3, -0.25) is 18.8 Å². The van der Waals surface area contributed by atoms with Crippen LogP contribution in [0.4, 0.5) is 0 Å². The molecular formula is C26H35N5O4. The molecule has 4 fully saturated rings. The number of primary amides is 1. The lowest BCUT2D eigenvalue weighted by atomic mass is 9.49. The molecule has 4 bridgehead atoms. The summed E-state index contributed by atoms with van der Waals surface area (Å²) in [5, 5.41) is 3.20. The second-order valence-corrected chi connectivity index (χ2v) is 11.0. The fourth-order valence-electron chi connectivity index (χ4n) is 7.19. The number of likely N-dealkylation sites (N-methyl/N-ethyl adjacent to an activating group) is 1. The quantitative estimate of drug-likeness (QED) is 0.568. The van der Waals surface area contributed by atoms with Crippen LogP contribution in [-0.2, 0) is 16.0 Å². The molecule has 0 radical (unpaired) electrons. The monoisotopic (exact) mass is 481 g/mol. The van der Waals surface area contributed by atoms with Crippen molar-refractivity contribution in [1.29, 1.82) is 0 Å². The van der Waals surface area contributed by atoms with Crippen LogP contribution < -0.4 is 11.1 Å². The molecule has 4 saturated carbocycles. The van der Waals surface area contributed by atoms with Gasteiger partial charge >= 0.3 is 0 Å². The molecule has 188 valence electrons. The Morgan fingerprint density at radius 3 is 2.43 bits per heavy atom. The number of amides is 3. The Labute approximate surface area is 205 Å². The average Bonchev–Trinajstić information content (AvgIpc) is 3.19. The number of fused-ring (bicyclic) bond motifs is 1. The second-order valence-electron chi connectivity index (χ2n) is 11.0. The van der Waals surface area contributed by atoms with E-state index in [1.54, 1.807) is 36.8 Å². The van der Waals surface area contributed by atoms with Gasteiger partial charge in [0.2, 0.25) is 5.91 Å². The summed E-state index contributed by atoms with van der Waals surface area (Å²) in [4.78, 5) is 44.4. The summed E-state index contributed by atoms with van der Waals surface area (Å²) in [5.74, 6) is 1.26. The number of aromatic nitrogens is 2. The van der Waals surface area contributed by atoms with E-state index in [-0.39, 0.29) is 29.3 Å². The zero-order valence-corrected chi connectivity index (χ0v) is 20.6. The van der Waals surface area contributed by atoms with Gasteiger partial charge in [0.25, 0.3) is 11.8 Å². The van der Waals surface area contributed by atoms with Crippen molar-refractivity contribution in [2.24, 2.45) is 28.9 Å². The summed E-state index contributed by atoms with van der Waals surface area (Å²) < 4.78 is 6.66. The molecule has 4 aliphatic rings. The summed E-state index contributed by atoms with van der Waals surface area (Å²) in [6.07, 6.45) is 7.57. The number of carbonyl (C=O) groups excluding carboxylic acids is 3. The van der Waals surface area contributed by atoms with Gasteiger partial charge < -0.3 is 20.7 Å². The molecule has 2 aromatic heterocycles. The molecule has 0 spiro atoms. The van der Waals surface area contributed by atoms with E-state index in [1.807, 2.05) is 0 Å². The highest BCUT2D eigenvalue weighted by atomic mass is 16.5. The third-order valence-corrected chi connectivity index (χ3v) is 8.37. The van der Waals surface area contributed by atoms with Crippen LogP contribution in [0.2, 0.25) is 0 Å². The van der Waals surface area contributed by atoms with E-state index in [9.17, 15) is 14.4 Å². The fraction of sp³-hybridized carbons (Fsp3) is 0.615. The van der Waals surface area contributed by atoms with Gasteiger partial charge in [0.05, 0.1) is 18.7 Å². The first-order valence-electron chi connectivity index (χ1n) is 12.6. The SMILES string of the molecule is COCCN(C)C(=O)Cc1c(C(N)=O)nc2cccc(C(=O)NCC34CC5CC(CC(C5)C3)C4)n12. The van der Waals surface area contributed by atoms with E-state index in [4.69, 9.17) is 10.5 Å². The molecular weight excluding hydrogens is 446 g/mol. The smallest absolute Gasteiger partial charge is 0.269 e. The number of imidazole rings is 1. The Kier molecular flexibility index (Phi) is 6.29. The van der Waals surface area contributed by atoms with Crippen LogP contribution in [0, 0.1) is 23.2 Å². The number of methoxy groups -OCH3 is 1. The molecule has 6 rings (SSSR count). The zero-order chi connectivity index (χ0) is 24.7. The molecule has 3 N–H and O–H groups in total. The molecule has 0 saturated heterocycles. The van der Waals surface area contributed by atoms with Gasteiger partial charge in [-0.15, -0.1) is 0 Å². The summed E-state index contributed by atoms with van der Waals surface area (Å²) in [7, 11) is 3.25. The van der Waals surface area contributed by atoms with Gasteiger partial charge in [-0.2, -0.15) is 0 Å². The predicted molar refractivity (Wildman–Crippen MR) is 130 cm³/mol. The van der Waals surface area contributed by atoms with Crippen LogP contribution >= 0.6 is 0 Å². The predicted octanol–water partition coefficient (Wildman–Crippen LogP) is 2.03. The normalized spacial score (nSPS) is 26.7. The number of nitrogens with zero attached hydrogens (tertiary/aromatic N) is 3. The lowest BCUT2D eigenvalue weighted by Gasteiger charge is -2.56. The Morgan fingerprint density at radius 1 is 1.17 bits per heavy atom.